The fourth-order valence-corrected chi connectivity index (χ4v) is 1.23. The smallest absolute Gasteiger partial charge is 0.245 e. The van der Waals surface area contributed by atoms with Crippen molar-refractivity contribution in [3.8, 4) is 6.07 Å². The molecular weight excluding hydrogens is 180 g/mol. The first-order valence-corrected chi connectivity index (χ1v) is 3.99. The first kappa shape index (κ1) is 8.38. The van der Waals surface area contributed by atoms with E-state index in [1.54, 1.807) is 18.2 Å². The molecule has 5 heteroatoms. The van der Waals surface area contributed by atoms with Crippen molar-refractivity contribution in [2.75, 3.05) is 0 Å². The van der Waals surface area contributed by atoms with Crippen molar-refractivity contribution in [3.05, 3.63) is 23.8 Å². The lowest BCUT2D eigenvalue weighted by atomic mass is 10.2. The average Bonchev–Trinajstić information content (AvgIpc) is 2.59. The quantitative estimate of drug-likeness (QED) is 0.614. The molecule has 68 valence electrons. The Morgan fingerprint density at radius 2 is 2.36 bits per heavy atom. The Morgan fingerprint density at radius 1 is 1.57 bits per heavy atom. The average molecular weight is 186 g/mol. The molecule has 2 aromatic rings. The second-order valence-corrected chi connectivity index (χ2v) is 2.84. The van der Waals surface area contributed by atoms with Gasteiger partial charge in [0.15, 0.2) is 0 Å². The van der Waals surface area contributed by atoms with Gasteiger partial charge in [0.25, 0.3) is 0 Å². The summed E-state index contributed by atoms with van der Waals surface area (Å²) in [4.78, 5) is 11.1. The van der Waals surface area contributed by atoms with Gasteiger partial charge in [-0.05, 0) is 18.2 Å². The first-order chi connectivity index (χ1) is 6.72. The molecule has 0 aliphatic heterocycles. The van der Waals surface area contributed by atoms with Gasteiger partial charge < -0.3 is 0 Å². The lowest BCUT2D eigenvalue weighted by Crippen LogP contribution is -2.06. The van der Waals surface area contributed by atoms with Crippen molar-refractivity contribution in [2.45, 2.75) is 6.92 Å². The van der Waals surface area contributed by atoms with Crippen LogP contribution in [0.1, 0.15) is 17.3 Å². The summed E-state index contributed by atoms with van der Waals surface area (Å²) in [6.07, 6.45) is 0. The van der Waals surface area contributed by atoms with E-state index < -0.39 is 0 Å². The molecule has 1 aromatic heterocycles. The predicted octanol–water partition coefficient (Wildman–Crippen LogP) is 0.963. The fourth-order valence-electron chi connectivity index (χ4n) is 1.23. The summed E-state index contributed by atoms with van der Waals surface area (Å²) in [5, 5.41) is 16.1. The predicted molar refractivity (Wildman–Crippen MR) is 48.5 cm³/mol. The van der Waals surface area contributed by atoms with Crippen LogP contribution >= 0.6 is 0 Å². The number of hydrogen-bond donors (Lipinski definition) is 0. The van der Waals surface area contributed by atoms with Gasteiger partial charge >= 0.3 is 0 Å². The number of rotatable bonds is 0. The fraction of sp³-hybridized carbons (Fsp3) is 0.111. The van der Waals surface area contributed by atoms with Crippen molar-refractivity contribution in [1.29, 1.82) is 5.26 Å². The molecule has 0 unspecified atom stereocenters. The minimum atomic E-state index is -0.197. The molecule has 14 heavy (non-hydrogen) atoms. The van der Waals surface area contributed by atoms with Gasteiger partial charge in [0.1, 0.15) is 5.52 Å². The Bertz CT molecular complexity index is 549. The molecule has 0 N–H and O–H groups in total. The van der Waals surface area contributed by atoms with Crippen molar-refractivity contribution < 1.29 is 4.79 Å². The highest BCUT2D eigenvalue weighted by Gasteiger charge is 2.07. The summed E-state index contributed by atoms with van der Waals surface area (Å²) in [6.45, 7) is 1.41. The summed E-state index contributed by atoms with van der Waals surface area (Å²) >= 11 is 0. The van der Waals surface area contributed by atoms with E-state index in [4.69, 9.17) is 5.26 Å². The molecule has 1 aromatic carbocycles. The molecule has 0 atom stereocenters. The topological polar surface area (TPSA) is 71.6 Å². The maximum absolute atomic E-state index is 11.1. The summed E-state index contributed by atoms with van der Waals surface area (Å²) < 4.78 is 1.20. The zero-order valence-corrected chi connectivity index (χ0v) is 7.43. The molecule has 0 saturated heterocycles. The Balaban J connectivity index is 2.73. The van der Waals surface area contributed by atoms with Gasteiger partial charge in [-0.15, -0.1) is 5.10 Å². The molecule has 0 fully saturated rings. The number of fused-ring (bicyclic) bond motifs is 1. The normalized spacial score (nSPS) is 10.0. The van der Waals surface area contributed by atoms with Crippen LogP contribution in [-0.2, 0) is 0 Å². The summed E-state index contributed by atoms with van der Waals surface area (Å²) in [5.74, 6) is -0.197. The molecule has 5 nitrogen and oxygen atoms in total. The van der Waals surface area contributed by atoms with Crippen LogP contribution in [0.5, 0.6) is 0 Å². The van der Waals surface area contributed by atoms with Gasteiger partial charge in [0, 0.05) is 6.92 Å². The first-order valence-electron chi connectivity index (χ1n) is 3.99. The second-order valence-electron chi connectivity index (χ2n) is 2.84. The summed E-state index contributed by atoms with van der Waals surface area (Å²) in [5.41, 5.74) is 1.68. The van der Waals surface area contributed by atoms with Crippen molar-refractivity contribution >= 4 is 16.9 Å². The maximum Gasteiger partial charge on any atom is 0.245 e. The number of benzene rings is 1. The summed E-state index contributed by atoms with van der Waals surface area (Å²) in [7, 11) is 0. The van der Waals surface area contributed by atoms with E-state index >= 15 is 0 Å². The standard InChI is InChI=1S/C9H6N4O/c1-6(14)13-9-3-2-7(5-10)4-8(9)11-12-13/h2-4H,1H3. The number of nitrogens with zero attached hydrogens (tertiary/aromatic N) is 4. The van der Waals surface area contributed by atoms with Gasteiger partial charge in [-0.2, -0.15) is 9.94 Å². The Morgan fingerprint density at radius 3 is 3.00 bits per heavy atom. The van der Waals surface area contributed by atoms with Gasteiger partial charge in [0.2, 0.25) is 5.91 Å². The Kier molecular flexibility index (Phi) is 1.75. The van der Waals surface area contributed by atoms with Gasteiger partial charge in [-0.3, -0.25) is 4.79 Å². The van der Waals surface area contributed by atoms with E-state index in [0.29, 0.717) is 16.6 Å². The van der Waals surface area contributed by atoms with E-state index in [1.807, 2.05) is 6.07 Å². The van der Waals surface area contributed by atoms with Crippen LogP contribution in [0.2, 0.25) is 0 Å². The highest BCUT2D eigenvalue weighted by atomic mass is 16.2. The number of carbonyl (C=O) groups excluding carboxylic acids is 1. The zero-order valence-electron chi connectivity index (χ0n) is 7.43. The molecule has 0 spiro atoms. The van der Waals surface area contributed by atoms with Crippen LogP contribution in [-0.4, -0.2) is 20.9 Å². The van der Waals surface area contributed by atoms with Crippen LogP contribution < -0.4 is 0 Å². The number of nitriles is 1. The number of carbonyl (C=O) groups is 1. The highest BCUT2D eigenvalue weighted by Crippen LogP contribution is 2.12. The van der Waals surface area contributed by atoms with Gasteiger partial charge in [0.05, 0.1) is 17.1 Å². The van der Waals surface area contributed by atoms with Crippen LogP contribution in [0.3, 0.4) is 0 Å². The van der Waals surface area contributed by atoms with Gasteiger partial charge in [-0.1, -0.05) is 5.21 Å². The Labute approximate surface area is 79.6 Å². The molecule has 0 bridgehead atoms. The lowest BCUT2D eigenvalue weighted by Gasteiger charge is -1.93. The van der Waals surface area contributed by atoms with Crippen molar-refractivity contribution in [2.24, 2.45) is 0 Å². The van der Waals surface area contributed by atoms with Crippen LogP contribution in [0, 0.1) is 11.3 Å². The molecule has 0 aliphatic carbocycles. The monoisotopic (exact) mass is 186 g/mol. The minimum absolute atomic E-state index is 0.197. The van der Waals surface area contributed by atoms with E-state index in [9.17, 15) is 4.79 Å². The van der Waals surface area contributed by atoms with Crippen LogP contribution in [0.25, 0.3) is 11.0 Å². The van der Waals surface area contributed by atoms with E-state index in [1.165, 1.54) is 11.6 Å². The minimum Gasteiger partial charge on any atom is -0.273 e. The molecule has 0 amide bonds. The maximum atomic E-state index is 11.1. The number of hydrogen-bond acceptors (Lipinski definition) is 4. The van der Waals surface area contributed by atoms with Crippen LogP contribution in [0.4, 0.5) is 0 Å². The molecule has 0 radical (unpaired) electrons. The van der Waals surface area contributed by atoms with Crippen LogP contribution in [0.15, 0.2) is 18.2 Å². The SMILES string of the molecule is CC(=O)n1nnc2cc(C#N)ccc21. The van der Waals surface area contributed by atoms with E-state index in [-0.39, 0.29) is 5.91 Å². The van der Waals surface area contributed by atoms with Gasteiger partial charge in [-0.25, -0.2) is 0 Å². The molecule has 1 heterocycles. The number of aromatic nitrogens is 3. The van der Waals surface area contributed by atoms with E-state index in [2.05, 4.69) is 10.3 Å². The molecule has 0 aliphatic rings. The second kappa shape index (κ2) is 2.92. The summed E-state index contributed by atoms with van der Waals surface area (Å²) in [6, 6.07) is 6.89. The third-order valence-corrected chi connectivity index (χ3v) is 1.87. The molecular formula is C9H6N4O. The van der Waals surface area contributed by atoms with Crippen molar-refractivity contribution in [1.82, 2.24) is 15.0 Å². The third-order valence-electron chi connectivity index (χ3n) is 1.87. The molecule has 0 saturated carbocycles. The van der Waals surface area contributed by atoms with E-state index in [0.717, 1.165) is 0 Å². The molecule has 2 rings (SSSR count). The lowest BCUT2D eigenvalue weighted by molar-refractivity contribution is 0.0924. The third kappa shape index (κ3) is 1.13. The Hall–Kier alpha value is -2.22. The largest absolute Gasteiger partial charge is 0.273 e. The highest BCUT2D eigenvalue weighted by molar-refractivity contribution is 5.87. The zero-order chi connectivity index (χ0) is 10.1. The van der Waals surface area contributed by atoms with Crippen molar-refractivity contribution in [3.63, 3.8) is 0 Å².